The lowest BCUT2D eigenvalue weighted by molar-refractivity contribution is 0.0894. The molecular weight excluding hydrogens is 298 g/mol. The van der Waals surface area contributed by atoms with Crippen LogP contribution < -0.4 is 5.32 Å². The van der Waals surface area contributed by atoms with Crippen molar-refractivity contribution in [3.8, 4) is 0 Å². The Morgan fingerprint density at radius 1 is 1.56 bits per heavy atom. The number of carbonyl (C=O) groups excluding carboxylic acids is 1. The molecule has 1 amide bonds. The summed E-state index contributed by atoms with van der Waals surface area (Å²) >= 11 is 3.34. The molecule has 100 valence electrons. The summed E-state index contributed by atoms with van der Waals surface area (Å²) < 4.78 is 5.79. The van der Waals surface area contributed by atoms with E-state index < -0.39 is 0 Å². The van der Waals surface area contributed by atoms with Crippen molar-refractivity contribution in [1.29, 1.82) is 0 Å². The zero-order valence-corrected chi connectivity index (χ0v) is 12.2. The maximum Gasteiger partial charge on any atom is 0.251 e. The maximum atomic E-state index is 12.1. The van der Waals surface area contributed by atoms with Crippen molar-refractivity contribution >= 4 is 21.8 Å². The molecule has 0 spiro atoms. The quantitative estimate of drug-likeness (QED) is 0.842. The van der Waals surface area contributed by atoms with Crippen LogP contribution in [-0.2, 0) is 4.74 Å². The first-order chi connectivity index (χ1) is 8.58. The number of amides is 1. The number of halogens is 1. The lowest BCUT2D eigenvalue weighted by atomic mass is 10.1. The maximum absolute atomic E-state index is 12.1. The van der Waals surface area contributed by atoms with E-state index in [4.69, 9.17) is 4.74 Å². The monoisotopic (exact) mass is 315 g/mol. The van der Waals surface area contributed by atoms with Gasteiger partial charge in [0.25, 0.3) is 5.91 Å². The van der Waals surface area contributed by atoms with Crippen molar-refractivity contribution in [1.82, 2.24) is 5.32 Å². The van der Waals surface area contributed by atoms with Gasteiger partial charge in [-0.25, -0.2) is 0 Å². The Bertz CT molecular complexity index is 409. The molecule has 0 aliphatic carbocycles. The minimum atomic E-state index is -0.282. The van der Waals surface area contributed by atoms with Gasteiger partial charge in [0.1, 0.15) is 0 Å². The van der Waals surface area contributed by atoms with E-state index in [0.29, 0.717) is 18.6 Å². The van der Waals surface area contributed by atoms with Gasteiger partial charge in [-0.05, 0) is 31.0 Å². The number of hydrogen-bond acceptors (Lipinski definition) is 3. The first-order valence-corrected chi connectivity index (χ1v) is 6.54. The summed E-state index contributed by atoms with van der Waals surface area (Å²) in [4.78, 5) is 12.1. The largest absolute Gasteiger partial charge is 0.394 e. The summed E-state index contributed by atoms with van der Waals surface area (Å²) in [6.45, 7) is 2.29. The summed E-state index contributed by atoms with van der Waals surface area (Å²) in [7, 11) is 1.59. The van der Waals surface area contributed by atoms with Gasteiger partial charge in [0.05, 0.1) is 12.6 Å². The smallest absolute Gasteiger partial charge is 0.251 e. The topological polar surface area (TPSA) is 58.6 Å². The van der Waals surface area contributed by atoms with Gasteiger partial charge < -0.3 is 15.2 Å². The molecule has 1 atom stereocenters. The zero-order valence-electron chi connectivity index (χ0n) is 10.6. The number of carbonyl (C=O) groups is 1. The van der Waals surface area contributed by atoms with Crippen molar-refractivity contribution in [2.75, 3.05) is 20.3 Å². The number of hydrogen-bond donors (Lipinski definition) is 2. The molecule has 2 N–H and O–H groups in total. The molecule has 0 aliphatic heterocycles. The summed E-state index contributed by atoms with van der Waals surface area (Å²) in [6, 6.07) is 5.26. The molecule has 0 aliphatic rings. The highest BCUT2D eigenvalue weighted by Gasteiger charge is 2.14. The van der Waals surface area contributed by atoms with Crippen LogP contribution in [0, 0.1) is 6.92 Å². The summed E-state index contributed by atoms with van der Waals surface area (Å²) in [5.41, 5.74) is 1.51. The fourth-order valence-corrected chi connectivity index (χ4v) is 1.93. The highest BCUT2D eigenvalue weighted by atomic mass is 79.9. The first kappa shape index (κ1) is 15.1. The molecule has 1 unspecified atom stereocenters. The molecule has 1 rings (SSSR count). The second-order valence-corrected chi connectivity index (χ2v) is 5.01. The number of nitrogens with one attached hydrogen (secondary N) is 1. The van der Waals surface area contributed by atoms with E-state index >= 15 is 0 Å². The van der Waals surface area contributed by atoms with Crippen LogP contribution in [0.15, 0.2) is 22.7 Å². The molecule has 1 aromatic rings. The summed E-state index contributed by atoms with van der Waals surface area (Å²) in [6.07, 6.45) is 0.589. The van der Waals surface area contributed by atoms with E-state index in [0.717, 1.165) is 10.0 Å². The number of aryl methyl sites for hydroxylation is 1. The standard InChI is InChI=1S/C13H18BrNO3/c1-9-3-4-10(14)7-12(9)13(17)15-11(8-16)5-6-18-2/h3-4,7,11,16H,5-6,8H2,1-2H3,(H,15,17). The van der Waals surface area contributed by atoms with E-state index in [-0.39, 0.29) is 18.6 Å². The van der Waals surface area contributed by atoms with Crippen LogP contribution in [0.2, 0.25) is 0 Å². The summed E-state index contributed by atoms with van der Waals surface area (Å²) in [5.74, 6) is -0.177. The Morgan fingerprint density at radius 3 is 2.89 bits per heavy atom. The van der Waals surface area contributed by atoms with Crippen molar-refractivity contribution in [3.63, 3.8) is 0 Å². The van der Waals surface area contributed by atoms with Crippen LogP contribution >= 0.6 is 15.9 Å². The average molecular weight is 316 g/mol. The first-order valence-electron chi connectivity index (χ1n) is 5.75. The fraction of sp³-hybridized carbons (Fsp3) is 0.462. The number of benzene rings is 1. The van der Waals surface area contributed by atoms with Crippen molar-refractivity contribution in [2.24, 2.45) is 0 Å². The SMILES string of the molecule is COCCC(CO)NC(=O)c1cc(Br)ccc1C. The number of ether oxygens (including phenoxy) is 1. The van der Waals surface area contributed by atoms with Gasteiger partial charge in [0, 0.05) is 23.8 Å². The van der Waals surface area contributed by atoms with Crippen LogP contribution in [-0.4, -0.2) is 37.4 Å². The minimum absolute atomic E-state index is 0.0951. The molecule has 1 aromatic carbocycles. The lowest BCUT2D eigenvalue weighted by Crippen LogP contribution is -2.38. The van der Waals surface area contributed by atoms with Crippen LogP contribution in [0.4, 0.5) is 0 Å². The van der Waals surface area contributed by atoms with Crippen molar-refractivity contribution in [2.45, 2.75) is 19.4 Å². The third-order valence-electron chi connectivity index (χ3n) is 2.67. The van der Waals surface area contributed by atoms with Crippen LogP contribution in [0.5, 0.6) is 0 Å². The molecule has 0 saturated heterocycles. The fourth-order valence-electron chi connectivity index (χ4n) is 1.57. The molecular formula is C13H18BrNO3. The third-order valence-corrected chi connectivity index (χ3v) is 3.16. The Labute approximate surface area is 115 Å². The van der Waals surface area contributed by atoms with Gasteiger partial charge in [-0.2, -0.15) is 0 Å². The molecule has 0 aromatic heterocycles. The lowest BCUT2D eigenvalue weighted by Gasteiger charge is -2.16. The molecule has 0 radical (unpaired) electrons. The van der Waals surface area contributed by atoms with Gasteiger partial charge in [-0.1, -0.05) is 22.0 Å². The zero-order chi connectivity index (χ0) is 13.5. The van der Waals surface area contributed by atoms with Gasteiger partial charge in [0.15, 0.2) is 0 Å². The molecule has 0 bridgehead atoms. The van der Waals surface area contributed by atoms with Crippen molar-refractivity contribution in [3.05, 3.63) is 33.8 Å². The molecule has 4 nitrogen and oxygen atoms in total. The second kappa shape index (κ2) is 7.51. The van der Waals surface area contributed by atoms with E-state index in [9.17, 15) is 9.90 Å². The highest BCUT2D eigenvalue weighted by molar-refractivity contribution is 9.10. The average Bonchev–Trinajstić information content (AvgIpc) is 2.37. The molecule has 0 fully saturated rings. The molecule has 5 heteroatoms. The van der Waals surface area contributed by atoms with E-state index in [1.165, 1.54) is 0 Å². The van der Waals surface area contributed by atoms with Gasteiger partial charge in [-0.15, -0.1) is 0 Å². The predicted molar refractivity (Wildman–Crippen MR) is 73.7 cm³/mol. The Hall–Kier alpha value is -0.910. The van der Waals surface area contributed by atoms with E-state index in [1.807, 2.05) is 19.1 Å². The minimum Gasteiger partial charge on any atom is -0.394 e. The summed E-state index contributed by atoms with van der Waals surface area (Å²) in [5, 5.41) is 12.0. The molecule has 18 heavy (non-hydrogen) atoms. The third kappa shape index (κ3) is 4.40. The molecule has 0 heterocycles. The number of methoxy groups -OCH3 is 1. The Morgan fingerprint density at radius 2 is 2.28 bits per heavy atom. The van der Waals surface area contributed by atoms with Gasteiger partial charge in [-0.3, -0.25) is 4.79 Å². The normalized spacial score (nSPS) is 12.2. The van der Waals surface area contributed by atoms with Gasteiger partial charge in [0.2, 0.25) is 0 Å². The Kier molecular flexibility index (Phi) is 6.32. The van der Waals surface area contributed by atoms with E-state index in [1.54, 1.807) is 13.2 Å². The number of aliphatic hydroxyl groups is 1. The highest BCUT2D eigenvalue weighted by Crippen LogP contribution is 2.16. The molecule has 0 saturated carbocycles. The van der Waals surface area contributed by atoms with Crippen LogP contribution in [0.25, 0.3) is 0 Å². The predicted octanol–water partition coefficient (Wildman–Crippen LogP) is 1.88. The Balaban J connectivity index is 2.71. The second-order valence-electron chi connectivity index (χ2n) is 4.09. The van der Waals surface area contributed by atoms with Crippen molar-refractivity contribution < 1.29 is 14.6 Å². The van der Waals surface area contributed by atoms with Crippen LogP contribution in [0.1, 0.15) is 22.3 Å². The number of rotatable bonds is 6. The van der Waals surface area contributed by atoms with Gasteiger partial charge >= 0.3 is 0 Å². The van der Waals surface area contributed by atoms with Crippen LogP contribution in [0.3, 0.4) is 0 Å². The van der Waals surface area contributed by atoms with E-state index in [2.05, 4.69) is 21.2 Å². The number of aliphatic hydroxyl groups excluding tert-OH is 1.